The minimum Gasteiger partial charge on any atom is -0.384 e. The van der Waals surface area contributed by atoms with Crippen LogP contribution in [0.2, 0.25) is 5.02 Å². The fourth-order valence-corrected chi connectivity index (χ4v) is 2.82. The van der Waals surface area contributed by atoms with E-state index in [1.807, 2.05) is 12.1 Å². The molecule has 1 saturated heterocycles. The van der Waals surface area contributed by atoms with Gasteiger partial charge in [0.25, 0.3) is 5.91 Å². The molecule has 0 saturated carbocycles. The maximum Gasteiger partial charge on any atom is 0.253 e. The third kappa shape index (κ3) is 4.61. The summed E-state index contributed by atoms with van der Waals surface area (Å²) < 4.78 is 0. The highest BCUT2D eigenvalue weighted by atomic mass is 35.5. The van der Waals surface area contributed by atoms with Crippen LogP contribution in [-0.4, -0.2) is 44.0 Å². The molecule has 0 radical (unpaired) electrons. The highest BCUT2D eigenvalue weighted by Gasteiger charge is 2.20. The van der Waals surface area contributed by atoms with Gasteiger partial charge in [-0.3, -0.25) is 4.79 Å². The lowest BCUT2D eigenvalue weighted by molar-refractivity contribution is 0.0948. The molecule has 1 aromatic rings. The van der Waals surface area contributed by atoms with E-state index in [1.54, 1.807) is 6.07 Å². The van der Waals surface area contributed by atoms with Gasteiger partial charge < -0.3 is 15.5 Å². The van der Waals surface area contributed by atoms with Crippen molar-refractivity contribution in [1.29, 1.82) is 0 Å². The number of likely N-dealkylation sites (tertiary alicyclic amines) is 1. The van der Waals surface area contributed by atoms with Gasteiger partial charge in [-0.1, -0.05) is 18.5 Å². The Bertz CT molecular complexity index is 492. The van der Waals surface area contributed by atoms with Gasteiger partial charge in [0.05, 0.1) is 5.56 Å². The van der Waals surface area contributed by atoms with Crippen LogP contribution in [0.25, 0.3) is 0 Å². The van der Waals surface area contributed by atoms with Crippen LogP contribution in [-0.2, 0) is 0 Å². The minimum atomic E-state index is -0.0503. The molecule has 1 amide bonds. The van der Waals surface area contributed by atoms with Crippen molar-refractivity contribution in [2.45, 2.75) is 19.8 Å². The average Bonchev–Trinajstić information content (AvgIpc) is 2.89. The van der Waals surface area contributed by atoms with E-state index in [4.69, 9.17) is 11.6 Å². The van der Waals surface area contributed by atoms with E-state index in [-0.39, 0.29) is 5.91 Å². The molecule has 1 heterocycles. The molecule has 1 unspecified atom stereocenters. The Hall–Kier alpha value is -1.26. The van der Waals surface area contributed by atoms with Gasteiger partial charge in [-0.05, 0) is 50.6 Å². The Labute approximate surface area is 131 Å². The summed E-state index contributed by atoms with van der Waals surface area (Å²) in [6.07, 6.45) is 2.16. The molecule has 1 fully saturated rings. The number of hydrogen-bond acceptors (Lipinski definition) is 3. The van der Waals surface area contributed by atoms with E-state index in [1.165, 1.54) is 0 Å². The number of carbonyl (C=O) groups is 1. The van der Waals surface area contributed by atoms with E-state index >= 15 is 0 Å². The molecule has 21 heavy (non-hydrogen) atoms. The quantitative estimate of drug-likeness (QED) is 0.849. The Morgan fingerprint density at radius 1 is 1.48 bits per heavy atom. The summed E-state index contributed by atoms with van der Waals surface area (Å²) in [5.74, 6) is 0.496. The Morgan fingerprint density at radius 2 is 2.29 bits per heavy atom. The second kappa shape index (κ2) is 7.66. The molecule has 0 aromatic heterocycles. The molecule has 5 heteroatoms. The summed E-state index contributed by atoms with van der Waals surface area (Å²) in [5, 5.41) is 6.91. The van der Waals surface area contributed by atoms with Crippen molar-refractivity contribution in [3.8, 4) is 0 Å². The summed E-state index contributed by atoms with van der Waals surface area (Å²) in [6, 6.07) is 5.41. The van der Waals surface area contributed by atoms with Crippen LogP contribution >= 0.6 is 11.6 Å². The van der Waals surface area contributed by atoms with Crippen molar-refractivity contribution in [2.75, 3.05) is 38.5 Å². The predicted octanol–water partition coefficient (Wildman–Crippen LogP) is 2.84. The molecule has 2 rings (SSSR count). The van der Waals surface area contributed by atoms with Gasteiger partial charge in [-0.2, -0.15) is 0 Å². The molecule has 2 N–H and O–H groups in total. The zero-order chi connectivity index (χ0) is 15.2. The Morgan fingerprint density at radius 3 is 2.95 bits per heavy atom. The summed E-state index contributed by atoms with van der Waals surface area (Å²) >= 11 is 6.03. The molecular formula is C16H24ClN3O. The minimum absolute atomic E-state index is 0.0503. The number of hydrogen-bond donors (Lipinski definition) is 2. The van der Waals surface area contributed by atoms with Crippen LogP contribution in [0.15, 0.2) is 18.2 Å². The standard InChI is InChI=1S/C16H24ClN3O/c1-3-7-18-15-5-4-13(17)9-14(15)16(21)19-10-12-6-8-20(2)11-12/h4-5,9,12,18H,3,6-8,10-11H2,1-2H3,(H,19,21). The topological polar surface area (TPSA) is 44.4 Å². The van der Waals surface area contributed by atoms with Crippen molar-refractivity contribution < 1.29 is 4.79 Å². The first-order valence-electron chi connectivity index (χ1n) is 7.60. The summed E-state index contributed by atoms with van der Waals surface area (Å²) in [6.45, 7) is 5.83. The normalized spacial score (nSPS) is 18.7. The molecule has 4 nitrogen and oxygen atoms in total. The lowest BCUT2D eigenvalue weighted by Gasteiger charge is -2.14. The van der Waals surface area contributed by atoms with Crippen LogP contribution < -0.4 is 10.6 Å². The Balaban J connectivity index is 1.98. The first-order chi connectivity index (χ1) is 10.1. The van der Waals surface area contributed by atoms with Crippen molar-refractivity contribution in [3.05, 3.63) is 28.8 Å². The van der Waals surface area contributed by atoms with E-state index < -0.39 is 0 Å². The van der Waals surface area contributed by atoms with Crippen molar-refractivity contribution in [2.24, 2.45) is 5.92 Å². The van der Waals surface area contributed by atoms with Gasteiger partial charge in [-0.25, -0.2) is 0 Å². The van der Waals surface area contributed by atoms with Crippen molar-refractivity contribution in [3.63, 3.8) is 0 Å². The monoisotopic (exact) mass is 309 g/mol. The highest BCUT2D eigenvalue weighted by molar-refractivity contribution is 6.31. The van der Waals surface area contributed by atoms with E-state index in [2.05, 4.69) is 29.5 Å². The lowest BCUT2D eigenvalue weighted by Crippen LogP contribution is -2.31. The van der Waals surface area contributed by atoms with Gasteiger partial charge in [0.2, 0.25) is 0 Å². The number of halogens is 1. The molecule has 1 atom stereocenters. The highest BCUT2D eigenvalue weighted by Crippen LogP contribution is 2.21. The zero-order valence-corrected chi connectivity index (χ0v) is 13.5. The first kappa shape index (κ1) is 16.1. The molecule has 1 aliphatic heterocycles. The van der Waals surface area contributed by atoms with Crippen molar-refractivity contribution >= 4 is 23.2 Å². The molecular weight excluding hydrogens is 286 g/mol. The lowest BCUT2D eigenvalue weighted by atomic mass is 10.1. The second-order valence-corrected chi connectivity index (χ2v) is 6.18. The number of benzene rings is 1. The van der Waals surface area contributed by atoms with Crippen LogP contribution in [0.1, 0.15) is 30.1 Å². The van der Waals surface area contributed by atoms with Crippen LogP contribution in [0.5, 0.6) is 0 Å². The van der Waals surface area contributed by atoms with Crippen LogP contribution in [0.4, 0.5) is 5.69 Å². The summed E-state index contributed by atoms with van der Waals surface area (Å²) in [5.41, 5.74) is 1.48. The smallest absolute Gasteiger partial charge is 0.253 e. The van der Waals surface area contributed by atoms with Gasteiger partial charge in [-0.15, -0.1) is 0 Å². The maximum atomic E-state index is 12.4. The molecule has 1 aliphatic rings. The third-order valence-electron chi connectivity index (χ3n) is 3.83. The van der Waals surface area contributed by atoms with Gasteiger partial charge >= 0.3 is 0 Å². The molecule has 0 bridgehead atoms. The largest absolute Gasteiger partial charge is 0.384 e. The summed E-state index contributed by atoms with van der Waals surface area (Å²) in [4.78, 5) is 14.7. The van der Waals surface area contributed by atoms with E-state index in [0.717, 1.165) is 44.7 Å². The van der Waals surface area contributed by atoms with Gasteiger partial charge in [0.1, 0.15) is 0 Å². The fraction of sp³-hybridized carbons (Fsp3) is 0.562. The number of carbonyl (C=O) groups excluding carboxylic acids is 1. The SMILES string of the molecule is CCCNc1ccc(Cl)cc1C(=O)NCC1CCN(C)C1. The summed E-state index contributed by atoms with van der Waals surface area (Å²) in [7, 11) is 2.12. The number of rotatable bonds is 6. The van der Waals surface area contributed by atoms with Gasteiger partial charge in [0, 0.05) is 30.3 Å². The zero-order valence-electron chi connectivity index (χ0n) is 12.8. The first-order valence-corrected chi connectivity index (χ1v) is 7.98. The molecule has 1 aromatic carbocycles. The maximum absolute atomic E-state index is 12.4. The Kier molecular flexibility index (Phi) is 5.88. The van der Waals surface area contributed by atoms with Crippen molar-refractivity contribution in [1.82, 2.24) is 10.2 Å². The fourth-order valence-electron chi connectivity index (χ4n) is 2.64. The number of nitrogens with one attached hydrogen (secondary N) is 2. The number of amides is 1. The van der Waals surface area contributed by atoms with E-state index in [9.17, 15) is 4.79 Å². The molecule has 116 valence electrons. The molecule has 0 spiro atoms. The van der Waals surface area contributed by atoms with E-state index in [0.29, 0.717) is 16.5 Å². The average molecular weight is 310 g/mol. The predicted molar refractivity (Wildman–Crippen MR) is 88.2 cm³/mol. The van der Waals surface area contributed by atoms with Gasteiger partial charge in [0.15, 0.2) is 0 Å². The third-order valence-corrected chi connectivity index (χ3v) is 4.07. The number of anilines is 1. The second-order valence-electron chi connectivity index (χ2n) is 5.74. The van der Waals surface area contributed by atoms with Crippen LogP contribution in [0, 0.1) is 5.92 Å². The number of nitrogens with zero attached hydrogens (tertiary/aromatic N) is 1. The van der Waals surface area contributed by atoms with Crippen LogP contribution in [0.3, 0.4) is 0 Å². The molecule has 0 aliphatic carbocycles.